The van der Waals surface area contributed by atoms with Gasteiger partial charge in [0.15, 0.2) is 6.10 Å². The summed E-state index contributed by atoms with van der Waals surface area (Å²) < 4.78 is 16.4. The van der Waals surface area contributed by atoms with E-state index in [1.807, 2.05) is 32.9 Å². The number of pyridine rings is 1. The minimum atomic E-state index is -1.06. The number of hydrogen-bond acceptors (Lipinski definition) is 8. The van der Waals surface area contributed by atoms with E-state index in [4.69, 9.17) is 14.0 Å². The quantitative estimate of drug-likeness (QED) is 0.351. The summed E-state index contributed by atoms with van der Waals surface area (Å²) >= 11 is 1.64. The molecule has 0 aliphatic heterocycles. The van der Waals surface area contributed by atoms with E-state index in [0.29, 0.717) is 34.8 Å². The van der Waals surface area contributed by atoms with Crippen LogP contribution in [-0.2, 0) is 9.53 Å². The van der Waals surface area contributed by atoms with Gasteiger partial charge in [-0.15, -0.1) is 11.3 Å². The van der Waals surface area contributed by atoms with Gasteiger partial charge in [-0.1, -0.05) is 17.3 Å². The fraction of sp³-hybridized carbons (Fsp3) is 0.280. The first-order chi connectivity index (χ1) is 16.3. The van der Waals surface area contributed by atoms with Crippen molar-refractivity contribution in [2.24, 2.45) is 0 Å². The molecule has 0 fully saturated rings. The number of nitrogens with zero attached hydrogens (tertiary/aromatic N) is 2. The molecule has 0 aliphatic rings. The maximum absolute atomic E-state index is 13.2. The molecule has 176 valence electrons. The van der Waals surface area contributed by atoms with Crippen LogP contribution in [-0.4, -0.2) is 34.7 Å². The van der Waals surface area contributed by atoms with Gasteiger partial charge in [-0.05, 0) is 58.9 Å². The van der Waals surface area contributed by atoms with Crippen molar-refractivity contribution in [3.8, 4) is 17.0 Å². The molecule has 1 aromatic carbocycles. The van der Waals surface area contributed by atoms with Crippen LogP contribution in [0, 0.1) is 20.8 Å². The Morgan fingerprint density at radius 3 is 2.65 bits per heavy atom. The Morgan fingerprint density at radius 1 is 1.18 bits per heavy atom. The van der Waals surface area contributed by atoms with Crippen molar-refractivity contribution in [3.63, 3.8) is 0 Å². The van der Waals surface area contributed by atoms with Crippen molar-refractivity contribution < 1.29 is 23.6 Å². The molecule has 0 saturated carbocycles. The number of anilines is 1. The highest BCUT2D eigenvalue weighted by Gasteiger charge is 2.25. The first-order valence-electron chi connectivity index (χ1n) is 10.9. The fourth-order valence-corrected chi connectivity index (χ4v) is 4.58. The van der Waals surface area contributed by atoms with Crippen molar-refractivity contribution >= 4 is 40.0 Å². The first kappa shape index (κ1) is 23.4. The number of benzene rings is 1. The van der Waals surface area contributed by atoms with Gasteiger partial charge in [-0.2, -0.15) is 0 Å². The smallest absolute Gasteiger partial charge is 0.339 e. The van der Waals surface area contributed by atoms with E-state index >= 15 is 0 Å². The summed E-state index contributed by atoms with van der Waals surface area (Å²) in [4.78, 5) is 32.7. The Labute approximate surface area is 200 Å². The van der Waals surface area contributed by atoms with Crippen molar-refractivity contribution in [3.05, 3.63) is 57.4 Å². The van der Waals surface area contributed by atoms with Crippen LogP contribution in [0.15, 0.2) is 40.9 Å². The predicted molar refractivity (Wildman–Crippen MR) is 130 cm³/mol. The number of amides is 1. The first-order valence-corrected chi connectivity index (χ1v) is 11.7. The molecule has 8 nitrogen and oxygen atoms in total. The van der Waals surface area contributed by atoms with E-state index in [0.717, 1.165) is 15.3 Å². The average Bonchev–Trinajstić information content (AvgIpc) is 3.35. The van der Waals surface area contributed by atoms with Crippen molar-refractivity contribution in [1.82, 2.24) is 10.1 Å². The number of fused-ring (bicyclic) bond motifs is 1. The highest BCUT2D eigenvalue weighted by molar-refractivity contribution is 7.12. The molecule has 1 N–H and O–H groups in total. The largest absolute Gasteiger partial charge is 0.492 e. The van der Waals surface area contributed by atoms with Gasteiger partial charge in [-0.3, -0.25) is 4.79 Å². The van der Waals surface area contributed by atoms with Crippen molar-refractivity contribution in [2.45, 2.75) is 40.7 Å². The molecule has 4 rings (SSSR count). The third-order valence-corrected chi connectivity index (χ3v) is 6.22. The van der Waals surface area contributed by atoms with Crippen LogP contribution in [0.2, 0.25) is 0 Å². The zero-order valence-electron chi connectivity index (χ0n) is 19.6. The Balaban J connectivity index is 1.61. The van der Waals surface area contributed by atoms with Gasteiger partial charge in [-0.25, -0.2) is 9.78 Å². The number of aromatic nitrogens is 2. The summed E-state index contributed by atoms with van der Waals surface area (Å²) in [6.45, 7) is 9.57. The van der Waals surface area contributed by atoms with E-state index in [-0.39, 0.29) is 11.3 Å². The van der Waals surface area contributed by atoms with Gasteiger partial charge in [0.05, 0.1) is 34.6 Å². The summed E-state index contributed by atoms with van der Waals surface area (Å²) in [6, 6.07) is 10.8. The zero-order valence-corrected chi connectivity index (χ0v) is 20.4. The summed E-state index contributed by atoms with van der Waals surface area (Å²) in [5, 5.41) is 7.19. The lowest BCUT2D eigenvalue weighted by atomic mass is 10.1. The van der Waals surface area contributed by atoms with Gasteiger partial charge in [0.2, 0.25) is 0 Å². The van der Waals surface area contributed by atoms with Crippen LogP contribution in [0.4, 0.5) is 5.69 Å². The Morgan fingerprint density at radius 2 is 1.94 bits per heavy atom. The monoisotopic (exact) mass is 479 g/mol. The molecule has 1 atom stereocenters. The Bertz CT molecular complexity index is 1370. The van der Waals surface area contributed by atoms with Crippen LogP contribution in [0.3, 0.4) is 0 Å². The highest BCUT2D eigenvalue weighted by atomic mass is 32.1. The van der Waals surface area contributed by atoms with E-state index in [2.05, 4.69) is 15.5 Å². The Kier molecular flexibility index (Phi) is 6.65. The summed E-state index contributed by atoms with van der Waals surface area (Å²) in [7, 11) is 0. The number of esters is 1. The summed E-state index contributed by atoms with van der Waals surface area (Å²) in [6.07, 6.45) is -1.06. The van der Waals surface area contributed by atoms with Gasteiger partial charge in [0.1, 0.15) is 5.75 Å². The number of carbonyl (C=O) groups is 2. The maximum atomic E-state index is 13.2. The standard InChI is InChI=1S/C25H25N3O5S/c1-6-31-21-10-8-7-9-19(21)26-23(29)15(4)32-25(30)18-12-20(17-11-13(2)34-16(17)5)27-24-22(18)14(3)28-33-24/h7-12,15H,6H2,1-5H3,(H,26,29). The van der Waals surface area contributed by atoms with Gasteiger partial charge >= 0.3 is 5.97 Å². The Hall–Kier alpha value is -3.72. The number of para-hydroxylation sites is 2. The van der Waals surface area contributed by atoms with Gasteiger partial charge < -0.3 is 19.3 Å². The molecule has 0 spiro atoms. The number of aryl methyl sites for hydroxylation is 3. The van der Waals surface area contributed by atoms with E-state index in [1.54, 1.807) is 42.5 Å². The molecule has 1 unspecified atom stereocenters. The second kappa shape index (κ2) is 9.64. The SMILES string of the molecule is CCOc1ccccc1NC(=O)C(C)OC(=O)c1cc(-c2cc(C)sc2C)nc2onc(C)c12. The van der Waals surface area contributed by atoms with Gasteiger partial charge in [0.25, 0.3) is 11.6 Å². The molecule has 4 aromatic rings. The maximum Gasteiger partial charge on any atom is 0.339 e. The number of hydrogen-bond donors (Lipinski definition) is 1. The van der Waals surface area contributed by atoms with Crippen LogP contribution in [0.1, 0.15) is 39.7 Å². The zero-order chi connectivity index (χ0) is 24.4. The lowest BCUT2D eigenvalue weighted by Gasteiger charge is -2.16. The summed E-state index contributed by atoms with van der Waals surface area (Å²) in [5.41, 5.74) is 3.00. The number of nitrogens with one attached hydrogen (secondary N) is 1. The molecule has 34 heavy (non-hydrogen) atoms. The molecule has 9 heteroatoms. The number of ether oxygens (including phenoxy) is 2. The second-order valence-electron chi connectivity index (χ2n) is 7.80. The molecule has 1 amide bonds. The van der Waals surface area contributed by atoms with Crippen molar-refractivity contribution in [2.75, 3.05) is 11.9 Å². The van der Waals surface area contributed by atoms with Crippen molar-refractivity contribution in [1.29, 1.82) is 0 Å². The molecule has 0 radical (unpaired) electrons. The molecule has 0 aliphatic carbocycles. The van der Waals surface area contributed by atoms with Crippen LogP contribution in [0.5, 0.6) is 5.75 Å². The molecular formula is C25H25N3O5S. The van der Waals surface area contributed by atoms with Crippen LogP contribution >= 0.6 is 11.3 Å². The third kappa shape index (κ3) is 4.65. The highest BCUT2D eigenvalue weighted by Crippen LogP contribution is 2.33. The van der Waals surface area contributed by atoms with Gasteiger partial charge in [0, 0.05) is 15.3 Å². The molecule has 3 aromatic heterocycles. The van der Waals surface area contributed by atoms with E-state index < -0.39 is 18.0 Å². The normalized spacial score (nSPS) is 11.9. The molecule has 0 saturated heterocycles. The molecule has 3 heterocycles. The second-order valence-corrected chi connectivity index (χ2v) is 9.26. The minimum Gasteiger partial charge on any atom is -0.492 e. The predicted octanol–water partition coefficient (Wildman–Crippen LogP) is 5.46. The van der Waals surface area contributed by atoms with Crippen LogP contribution < -0.4 is 10.1 Å². The fourth-order valence-electron chi connectivity index (χ4n) is 3.64. The third-order valence-electron chi connectivity index (χ3n) is 5.25. The average molecular weight is 480 g/mol. The number of thiophene rings is 1. The number of carbonyl (C=O) groups excluding carboxylic acids is 2. The lowest BCUT2D eigenvalue weighted by Crippen LogP contribution is -2.30. The summed E-state index contributed by atoms with van der Waals surface area (Å²) in [5.74, 6) is -0.596. The number of rotatable bonds is 7. The van der Waals surface area contributed by atoms with E-state index in [1.165, 1.54) is 6.92 Å². The topological polar surface area (TPSA) is 104 Å². The van der Waals surface area contributed by atoms with E-state index in [9.17, 15) is 9.59 Å². The molecule has 0 bridgehead atoms. The molecular weight excluding hydrogens is 454 g/mol. The van der Waals surface area contributed by atoms with Crippen LogP contribution in [0.25, 0.3) is 22.4 Å². The minimum absolute atomic E-state index is 0.243. The lowest BCUT2D eigenvalue weighted by molar-refractivity contribution is -0.123.